The minimum Gasteiger partial charge on any atom is -0.435 e. The molecule has 0 N–H and O–H groups in total. The van der Waals surface area contributed by atoms with Crippen LogP contribution in [0.15, 0.2) is 60.9 Å². The quantitative estimate of drug-likeness (QED) is 0.369. The zero-order chi connectivity index (χ0) is 22.5. The van der Waals surface area contributed by atoms with Crippen LogP contribution in [-0.4, -0.2) is 27.6 Å². The van der Waals surface area contributed by atoms with Gasteiger partial charge in [-0.2, -0.15) is 8.78 Å². The van der Waals surface area contributed by atoms with Gasteiger partial charge in [-0.15, -0.1) is 11.6 Å². The van der Waals surface area contributed by atoms with E-state index >= 15 is 0 Å². The molecule has 0 amide bonds. The molecule has 5 rings (SSSR count). The lowest BCUT2D eigenvalue weighted by molar-refractivity contribution is -0.0498. The highest BCUT2D eigenvalue weighted by molar-refractivity contribution is 6.16. The van der Waals surface area contributed by atoms with E-state index in [0.29, 0.717) is 35.9 Å². The summed E-state index contributed by atoms with van der Waals surface area (Å²) in [6.07, 6.45) is 4.17. The lowest BCUT2D eigenvalue weighted by atomic mass is 10.1. The number of hydrogen-bond acceptors (Lipinski definition) is 4. The summed E-state index contributed by atoms with van der Waals surface area (Å²) in [4.78, 5) is 8.71. The highest BCUT2D eigenvalue weighted by Crippen LogP contribution is 2.27. The van der Waals surface area contributed by atoms with E-state index < -0.39 is 6.61 Å². The summed E-state index contributed by atoms with van der Waals surface area (Å²) < 4.78 is 48.9. The molecule has 0 radical (unpaired) electrons. The van der Waals surface area contributed by atoms with Gasteiger partial charge in [0, 0.05) is 36.0 Å². The summed E-state index contributed by atoms with van der Waals surface area (Å²) >= 11 is 5.74. The number of ether oxygens (including phenoxy) is 2. The Bertz CT molecular complexity index is 1180. The molecule has 1 aromatic carbocycles. The second-order valence-electron chi connectivity index (χ2n) is 6.93. The molecule has 0 saturated heterocycles. The Kier molecular flexibility index (Phi) is 6.92. The van der Waals surface area contributed by atoms with E-state index in [1.165, 1.54) is 18.2 Å². The van der Waals surface area contributed by atoms with Crippen molar-refractivity contribution in [3.8, 4) is 16.9 Å². The summed E-state index contributed by atoms with van der Waals surface area (Å²) in [6, 6.07) is 13.1. The van der Waals surface area contributed by atoms with Gasteiger partial charge in [0.05, 0.1) is 36.2 Å². The van der Waals surface area contributed by atoms with Gasteiger partial charge in [0.2, 0.25) is 0 Å². The van der Waals surface area contributed by atoms with Gasteiger partial charge in [0.15, 0.2) is 0 Å². The average Bonchev–Trinajstić information content (AvgIpc) is 3.16. The summed E-state index contributed by atoms with van der Waals surface area (Å²) in [5, 5.41) is 0. The molecular weight excluding hydrogens is 443 g/mol. The molecule has 1 aliphatic rings. The molecule has 3 aromatic heterocycles. The molecule has 32 heavy (non-hydrogen) atoms. The van der Waals surface area contributed by atoms with Crippen molar-refractivity contribution in [2.24, 2.45) is 0 Å². The molecule has 1 aliphatic heterocycles. The van der Waals surface area contributed by atoms with Gasteiger partial charge < -0.3 is 13.9 Å². The standard InChI is InChI=1S/C16H13ClFN3O.C7H6F2O/c17-6-11-2-1-10(7-19-11)12-8-21-15-9-22-4-3-14(15)20-16(21)5-13(12)18;8-7(9)10-6-4-2-1-3-5-6/h1-2,5,7-8H,3-4,6,9H2;1-5,7H. The number of imidazole rings is 1. The number of halogens is 4. The van der Waals surface area contributed by atoms with Gasteiger partial charge >= 0.3 is 6.61 Å². The number of hydrogen-bond donors (Lipinski definition) is 0. The van der Waals surface area contributed by atoms with Gasteiger partial charge in [0.25, 0.3) is 0 Å². The fourth-order valence-electron chi connectivity index (χ4n) is 3.33. The summed E-state index contributed by atoms with van der Waals surface area (Å²) in [6.45, 7) is -1.57. The molecule has 0 saturated carbocycles. The molecule has 4 aromatic rings. The van der Waals surface area contributed by atoms with Crippen LogP contribution in [0.2, 0.25) is 0 Å². The third-order valence-electron chi connectivity index (χ3n) is 4.85. The van der Waals surface area contributed by atoms with Gasteiger partial charge in [-0.25, -0.2) is 9.37 Å². The van der Waals surface area contributed by atoms with E-state index in [-0.39, 0.29) is 11.6 Å². The minimum absolute atomic E-state index is 0.192. The Morgan fingerprint density at radius 1 is 1.16 bits per heavy atom. The third-order valence-corrected chi connectivity index (χ3v) is 5.13. The number of nitrogens with zero attached hydrogens (tertiary/aromatic N) is 3. The predicted octanol–water partition coefficient (Wildman–Crippen LogP) is 5.63. The highest BCUT2D eigenvalue weighted by atomic mass is 35.5. The van der Waals surface area contributed by atoms with Crippen LogP contribution in [0.25, 0.3) is 16.8 Å². The molecule has 0 bridgehead atoms. The fraction of sp³-hybridized carbons (Fsp3) is 0.217. The van der Waals surface area contributed by atoms with Crippen LogP contribution in [-0.2, 0) is 23.6 Å². The first kappa shape index (κ1) is 22.1. The molecule has 4 heterocycles. The molecule has 0 aliphatic carbocycles. The predicted molar refractivity (Wildman–Crippen MR) is 114 cm³/mol. The average molecular weight is 462 g/mol. The van der Waals surface area contributed by atoms with Gasteiger partial charge in [-0.1, -0.05) is 24.3 Å². The van der Waals surface area contributed by atoms with Gasteiger partial charge in [-0.05, 0) is 18.2 Å². The smallest absolute Gasteiger partial charge is 0.387 e. The molecule has 166 valence electrons. The normalized spacial score (nSPS) is 12.9. The van der Waals surface area contributed by atoms with Crippen molar-refractivity contribution in [3.05, 3.63) is 83.8 Å². The van der Waals surface area contributed by atoms with Gasteiger partial charge in [0.1, 0.15) is 17.2 Å². The minimum atomic E-state index is -2.73. The number of fused-ring (bicyclic) bond motifs is 3. The van der Waals surface area contributed by atoms with Crippen LogP contribution in [0.1, 0.15) is 17.1 Å². The number of benzene rings is 1. The topological polar surface area (TPSA) is 48.7 Å². The number of alkyl halides is 3. The van der Waals surface area contributed by atoms with Crippen molar-refractivity contribution in [2.45, 2.75) is 25.5 Å². The maximum Gasteiger partial charge on any atom is 0.387 e. The number of pyridine rings is 2. The summed E-state index contributed by atoms with van der Waals surface area (Å²) in [7, 11) is 0. The zero-order valence-electron chi connectivity index (χ0n) is 16.8. The van der Waals surface area contributed by atoms with Crippen molar-refractivity contribution in [1.82, 2.24) is 14.4 Å². The molecule has 9 heteroatoms. The first-order valence-corrected chi connectivity index (χ1v) is 10.4. The zero-order valence-corrected chi connectivity index (χ0v) is 17.6. The maximum absolute atomic E-state index is 14.4. The largest absolute Gasteiger partial charge is 0.435 e. The van der Waals surface area contributed by atoms with E-state index in [1.807, 2.05) is 10.5 Å². The van der Waals surface area contributed by atoms with Crippen LogP contribution in [0, 0.1) is 5.82 Å². The monoisotopic (exact) mass is 461 g/mol. The second-order valence-corrected chi connectivity index (χ2v) is 7.20. The Hall–Kier alpha value is -3.10. The molecule has 0 fully saturated rings. The van der Waals surface area contributed by atoms with Crippen LogP contribution < -0.4 is 4.74 Å². The van der Waals surface area contributed by atoms with Crippen LogP contribution in [0.4, 0.5) is 13.2 Å². The van der Waals surface area contributed by atoms with E-state index in [2.05, 4.69) is 14.7 Å². The molecule has 0 unspecified atom stereocenters. The summed E-state index contributed by atoms with van der Waals surface area (Å²) in [5.74, 6) is 0.224. The van der Waals surface area contributed by atoms with Crippen molar-refractivity contribution in [1.29, 1.82) is 0 Å². The Morgan fingerprint density at radius 3 is 2.66 bits per heavy atom. The molecule has 0 atom stereocenters. The number of rotatable bonds is 4. The third kappa shape index (κ3) is 5.03. The van der Waals surface area contributed by atoms with Gasteiger partial charge in [-0.3, -0.25) is 4.98 Å². The number of aromatic nitrogens is 3. The summed E-state index contributed by atoms with van der Waals surface area (Å²) in [5.41, 5.74) is 4.56. The van der Waals surface area contributed by atoms with Crippen molar-refractivity contribution < 1.29 is 22.6 Å². The Labute approximate surface area is 187 Å². The molecule has 5 nitrogen and oxygen atoms in total. The van der Waals surface area contributed by atoms with Crippen LogP contribution in [0.3, 0.4) is 0 Å². The van der Waals surface area contributed by atoms with E-state index in [4.69, 9.17) is 16.3 Å². The van der Waals surface area contributed by atoms with Crippen LogP contribution in [0.5, 0.6) is 5.75 Å². The van der Waals surface area contributed by atoms with Crippen molar-refractivity contribution >= 4 is 17.2 Å². The first-order valence-electron chi connectivity index (χ1n) is 9.83. The Morgan fingerprint density at radius 2 is 1.97 bits per heavy atom. The second kappa shape index (κ2) is 10.0. The van der Waals surface area contributed by atoms with Crippen LogP contribution >= 0.6 is 11.6 Å². The molecule has 0 spiro atoms. The first-order chi connectivity index (χ1) is 15.5. The lowest BCUT2D eigenvalue weighted by Gasteiger charge is -2.12. The van der Waals surface area contributed by atoms with Crippen molar-refractivity contribution in [2.75, 3.05) is 6.61 Å². The fourth-order valence-corrected chi connectivity index (χ4v) is 3.49. The lowest BCUT2D eigenvalue weighted by Crippen LogP contribution is -2.10. The Balaban J connectivity index is 0.000000207. The van der Waals surface area contributed by atoms with Crippen molar-refractivity contribution in [3.63, 3.8) is 0 Å². The maximum atomic E-state index is 14.4. The van der Waals surface area contributed by atoms with E-state index in [1.54, 1.807) is 36.7 Å². The molecular formula is C23H19ClF3N3O2. The van der Waals surface area contributed by atoms with E-state index in [9.17, 15) is 13.2 Å². The SMILES string of the molecule is FC(F)Oc1ccccc1.Fc1cc2nc3c(n2cc1-c1ccc(CCl)nc1)COCC3. The highest BCUT2D eigenvalue weighted by Gasteiger charge is 2.18. The number of para-hydroxylation sites is 1. The van der Waals surface area contributed by atoms with E-state index in [0.717, 1.165) is 23.5 Å².